The van der Waals surface area contributed by atoms with Crippen molar-refractivity contribution < 1.29 is 38.9 Å². The van der Waals surface area contributed by atoms with E-state index in [0.29, 0.717) is 5.56 Å². The molecule has 3 aromatic rings. The van der Waals surface area contributed by atoms with E-state index in [-0.39, 0.29) is 27.8 Å². The van der Waals surface area contributed by atoms with Crippen LogP contribution >= 0.6 is 0 Å². The molecule has 0 aliphatic heterocycles. The van der Waals surface area contributed by atoms with Crippen LogP contribution in [0.3, 0.4) is 0 Å². The minimum atomic E-state index is -4.70. The highest BCUT2D eigenvalue weighted by Crippen LogP contribution is 2.37. The zero-order valence-electron chi connectivity index (χ0n) is 25.3. The van der Waals surface area contributed by atoms with Gasteiger partial charge in [-0.25, -0.2) is 0 Å². The normalized spacial score (nSPS) is 12.0. The summed E-state index contributed by atoms with van der Waals surface area (Å²) in [4.78, 5) is -1.27. The predicted molar refractivity (Wildman–Crippen MR) is 174 cm³/mol. The molecule has 0 spiro atoms. The Morgan fingerprint density at radius 3 is 1.72 bits per heavy atom. The molecule has 0 unspecified atom stereocenters. The van der Waals surface area contributed by atoms with Crippen LogP contribution in [0.2, 0.25) is 0 Å². The molecular formula is C31H40O9S3. The molecule has 0 aliphatic rings. The second-order valence-electron chi connectivity index (χ2n) is 7.72. The van der Waals surface area contributed by atoms with Crippen molar-refractivity contribution in [3.63, 3.8) is 0 Å². The topological polar surface area (TPSA) is 163 Å². The molecule has 0 amide bonds. The fourth-order valence-corrected chi connectivity index (χ4v) is 5.76. The quantitative estimate of drug-likeness (QED) is 0.162. The van der Waals surface area contributed by atoms with Gasteiger partial charge in [-0.2, -0.15) is 25.3 Å². The highest BCUT2D eigenvalue weighted by molar-refractivity contribution is 7.90. The first kappa shape index (κ1) is 39.6. The third-order valence-electron chi connectivity index (χ3n) is 5.28. The van der Waals surface area contributed by atoms with Crippen molar-refractivity contribution in [3.05, 3.63) is 102 Å². The lowest BCUT2D eigenvalue weighted by atomic mass is 9.92. The van der Waals surface area contributed by atoms with Crippen LogP contribution in [0.4, 0.5) is 0 Å². The average Bonchev–Trinajstić information content (AvgIpc) is 2.98. The summed E-state index contributed by atoms with van der Waals surface area (Å²) in [5, 5.41) is 0. The fourth-order valence-electron chi connectivity index (χ4n) is 3.75. The van der Waals surface area contributed by atoms with E-state index in [4.69, 9.17) is 0 Å². The molecule has 0 aliphatic carbocycles. The summed E-state index contributed by atoms with van der Waals surface area (Å²) in [6, 6.07) is 15.3. The summed E-state index contributed by atoms with van der Waals surface area (Å²) in [5.41, 5.74) is 1.10. The van der Waals surface area contributed by atoms with Crippen LogP contribution in [0.5, 0.6) is 0 Å². The van der Waals surface area contributed by atoms with Crippen molar-refractivity contribution in [1.82, 2.24) is 0 Å². The molecule has 236 valence electrons. The van der Waals surface area contributed by atoms with Gasteiger partial charge in [-0.05, 0) is 65.6 Å². The summed E-state index contributed by atoms with van der Waals surface area (Å²) < 4.78 is 101. The molecule has 12 heteroatoms. The first-order valence-corrected chi connectivity index (χ1v) is 17.8. The minimum absolute atomic E-state index is 0.0124. The van der Waals surface area contributed by atoms with Crippen molar-refractivity contribution in [3.8, 4) is 22.3 Å². The van der Waals surface area contributed by atoms with Crippen molar-refractivity contribution in [1.29, 1.82) is 0 Å². The smallest absolute Gasteiger partial charge is 0.282 e. The monoisotopic (exact) mass is 652 g/mol. The molecule has 3 aromatic carbocycles. The van der Waals surface area contributed by atoms with Gasteiger partial charge in [0.05, 0.1) is 9.80 Å². The molecule has 3 rings (SSSR count). The Bertz CT molecular complexity index is 1770. The molecule has 0 atom stereocenters. The lowest BCUT2D eigenvalue weighted by molar-refractivity contribution is 0.481. The minimum Gasteiger partial charge on any atom is -0.282 e. The maximum Gasteiger partial charge on any atom is 0.295 e. The van der Waals surface area contributed by atoms with Crippen molar-refractivity contribution in [2.75, 3.05) is 0 Å². The van der Waals surface area contributed by atoms with Gasteiger partial charge in [0.15, 0.2) is 0 Å². The Morgan fingerprint density at radius 2 is 1.23 bits per heavy atom. The number of hydrogen-bond donors (Lipinski definition) is 3. The SMILES string of the molecule is C=C/C=C(\C(=C/C)S(=O)(=O)O)c1cc(-c2cccc(S(=O)(=O)O)c2)cc(-c2ccccc2S(=O)(=O)O)c1.CC.CC.CC. The number of benzene rings is 3. The molecule has 0 fully saturated rings. The number of rotatable bonds is 8. The van der Waals surface area contributed by atoms with Gasteiger partial charge in [-0.1, -0.05) is 96.7 Å². The second kappa shape index (κ2) is 17.7. The van der Waals surface area contributed by atoms with Crippen LogP contribution in [0, 0.1) is 0 Å². The summed E-state index contributed by atoms with van der Waals surface area (Å²) >= 11 is 0. The molecule has 43 heavy (non-hydrogen) atoms. The Labute approximate surface area is 256 Å². The van der Waals surface area contributed by atoms with Crippen LogP contribution in [0.1, 0.15) is 54.0 Å². The summed E-state index contributed by atoms with van der Waals surface area (Å²) in [5.74, 6) is 0. The third-order valence-corrected chi connectivity index (χ3v) is 8.05. The molecule has 0 heterocycles. The van der Waals surface area contributed by atoms with E-state index >= 15 is 0 Å². The van der Waals surface area contributed by atoms with Crippen LogP contribution in [0.15, 0.2) is 106 Å². The van der Waals surface area contributed by atoms with Gasteiger partial charge in [0, 0.05) is 11.1 Å². The second-order valence-corrected chi connectivity index (χ2v) is 11.9. The zero-order valence-corrected chi connectivity index (χ0v) is 27.8. The van der Waals surface area contributed by atoms with E-state index in [1.165, 1.54) is 91.9 Å². The first-order chi connectivity index (χ1) is 20.2. The van der Waals surface area contributed by atoms with Crippen molar-refractivity contribution in [2.24, 2.45) is 0 Å². The Balaban J connectivity index is 0.00000276. The van der Waals surface area contributed by atoms with E-state index in [9.17, 15) is 38.9 Å². The van der Waals surface area contributed by atoms with E-state index in [0.717, 1.165) is 0 Å². The zero-order chi connectivity index (χ0) is 33.6. The Kier molecular flexibility index (Phi) is 16.3. The predicted octanol–water partition coefficient (Wildman–Crippen LogP) is 7.95. The summed E-state index contributed by atoms with van der Waals surface area (Å²) in [7, 11) is -13.9. The molecule has 0 radical (unpaired) electrons. The molecular weight excluding hydrogens is 613 g/mol. The number of allylic oxidation sites excluding steroid dienone is 4. The largest absolute Gasteiger partial charge is 0.295 e. The fraction of sp³-hybridized carbons (Fsp3) is 0.226. The van der Waals surface area contributed by atoms with Gasteiger partial charge in [0.2, 0.25) is 0 Å². The average molecular weight is 653 g/mol. The van der Waals surface area contributed by atoms with Gasteiger partial charge >= 0.3 is 0 Å². The highest BCUT2D eigenvalue weighted by Gasteiger charge is 2.22. The van der Waals surface area contributed by atoms with Crippen LogP contribution in [0.25, 0.3) is 27.8 Å². The summed E-state index contributed by atoms with van der Waals surface area (Å²) in [6.45, 7) is 17.0. The summed E-state index contributed by atoms with van der Waals surface area (Å²) in [6.07, 6.45) is 3.79. The van der Waals surface area contributed by atoms with Crippen molar-refractivity contribution >= 4 is 35.9 Å². The Hall–Kier alpha value is -3.39. The first-order valence-electron chi connectivity index (χ1n) is 13.4. The van der Waals surface area contributed by atoms with Gasteiger partial charge < -0.3 is 0 Å². The van der Waals surface area contributed by atoms with Crippen LogP contribution < -0.4 is 0 Å². The van der Waals surface area contributed by atoms with Crippen molar-refractivity contribution in [2.45, 2.75) is 58.3 Å². The maximum atomic E-state index is 12.1. The van der Waals surface area contributed by atoms with Crippen LogP contribution in [-0.2, 0) is 30.4 Å². The molecule has 0 saturated carbocycles. The standard InChI is InChI=1S/C25H22O9S3.3C2H6/c1-3-8-22(24(4-2)36(29,30)31)19-13-18(17-9-7-10-21(16-17)35(26,27)28)14-20(15-19)23-11-5-6-12-25(23)37(32,33)34;3*1-2/h3-16H,1H2,2H3,(H,26,27,28)(H,29,30,31)(H,32,33,34);3*1-2H3/b22-8-,24-4+;;;. The van der Waals surface area contributed by atoms with E-state index < -0.39 is 45.1 Å². The van der Waals surface area contributed by atoms with Gasteiger partial charge in [-0.15, -0.1) is 0 Å². The third kappa shape index (κ3) is 11.0. The lowest BCUT2D eigenvalue weighted by Gasteiger charge is -2.16. The molecule has 0 bridgehead atoms. The van der Waals surface area contributed by atoms with Crippen LogP contribution in [-0.4, -0.2) is 38.9 Å². The molecule has 0 saturated heterocycles. The molecule has 9 nitrogen and oxygen atoms in total. The van der Waals surface area contributed by atoms with Gasteiger partial charge in [0.1, 0.15) is 4.90 Å². The molecule has 0 aromatic heterocycles. The Morgan fingerprint density at radius 1 is 0.674 bits per heavy atom. The van der Waals surface area contributed by atoms with E-state index in [1.54, 1.807) is 0 Å². The number of hydrogen-bond acceptors (Lipinski definition) is 6. The lowest BCUT2D eigenvalue weighted by Crippen LogP contribution is -2.05. The molecule has 3 N–H and O–H groups in total. The maximum absolute atomic E-state index is 12.1. The van der Waals surface area contributed by atoms with E-state index in [1.807, 2.05) is 41.5 Å². The van der Waals surface area contributed by atoms with E-state index in [2.05, 4.69) is 6.58 Å². The highest BCUT2D eigenvalue weighted by atomic mass is 32.2. The van der Waals surface area contributed by atoms with Gasteiger partial charge in [-0.3, -0.25) is 13.7 Å². The van der Waals surface area contributed by atoms with Gasteiger partial charge in [0.25, 0.3) is 30.4 Å².